The van der Waals surface area contributed by atoms with Gasteiger partial charge in [-0.25, -0.2) is 4.79 Å². The van der Waals surface area contributed by atoms with E-state index in [0.29, 0.717) is 12.2 Å². The molecule has 0 saturated heterocycles. The molecule has 2 heteroatoms. The molecule has 0 aromatic carbocycles. The maximum Gasteiger partial charge on any atom is 0.341 e. The number of carbonyl (C=O) groups excluding carboxylic acids is 1. The lowest BCUT2D eigenvalue weighted by Gasteiger charge is -1.97. The van der Waals surface area contributed by atoms with Gasteiger partial charge in [0.15, 0.2) is 0 Å². The largest absolute Gasteiger partial charge is 0.462 e. The van der Waals surface area contributed by atoms with Crippen molar-refractivity contribution < 1.29 is 9.53 Å². The van der Waals surface area contributed by atoms with Crippen LogP contribution in [0.3, 0.4) is 0 Å². The maximum absolute atomic E-state index is 11.0. The van der Waals surface area contributed by atoms with Gasteiger partial charge < -0.3 is 4.74 Å². The summed E-state index contributed by atoms with van der Waals surface area (Å²) in [5.74, 6) is -0.324. The summed E-state index contributed by atoms with van der Waals surface area (Å²) in [6.07, 6.45) is 1.66. The van der Waals surface area contributed by atoms with Gasteiger partial charge in [-0.15, -0.1) is 5.73 Å². The first-order valence-corrected chi connectivity index (χ1v) is 3.83. The number of esters is 1. The fourth-order valence-electron chi connectivity index (χ4n) is 0.530. The Bertz CT molecular complexity index is 243. The number of ether oxygens (including phenoxy) is 1. The molecule has 0 unspecified atom stereocenters. The van der Waals surface area contributed by atoms with Crippen molar-refractivity contribution >= 4 is 5.97 Å². The first-order chi connectivity index (χ1) is 5.57. The van der Waals surface area contributed by atoms with E-state index in [9.17, 15) is 4.79 Å². The number of hydrogen-bond donors (Lipinski definition) is 0. The lowest BCUT2D eigenvalue weighted by molar-refractivity contribution is -0.138. The number of hydrogen-bond acceptors (Lipinski definition) is 2. The molecule has 0 saturated carbocycles. The van der Waals surface area contributed by atoms with Gasteiger partial charge in [0.2, 0.25) is 0 Å². The Labute approximate surface area is 73.2 Å². The quantitative estimate of drug-likeness (QED) is 0.278. The molecule has 0 atom stereocenters. The Morgan fingerprint density at radius 1 is 1.58 bits per heavy atom. The first-order valence-electron chi connectivity index (χ1n) is 3.83. The second kappa shape index (κ2) is 5.39. The minimum atomic E-state index is -0.324. The van der Waals surface area contributed by atoms with Crippen molar-refractivity contribution in [2.75, 3.05) is 6.61 Å². The van der Waals surface area contributed by atoms with Crippen LogP contribution in [0.1, 0.15) is 20.8 Å². The summed E-state index contributed by atoms with van der Waals surface area (Å²) in [5.41, 5.74) is 4.12. The van der Waals surface area contributed by atoms with Crippen molar-refractivity contribution in [3.05, 3.63) is 29.5 Å². The number of carbonyl (C=O) groups is 1. The molecule has 0 rings (SSSR count). The third-order valence-electron chi connectivity index (χ3n) is 1.12. The second-order valence-corrected chi connectivity index (χ2v) is 2.48. The average Bonchev–Trinajstić information content (AvgIpc) is 2.00. The molecule has 0 fully saturated rings. The molecule has 0 aliphatic heterocycles. The van der Waals surface area contributed by atoms with E-state index in [1.54, 1.807) is 19.9 Å². The molecule has 0 spiro atoms. The van der Waals surface area contributed by atoms with Crippen LogP contribution in [0.15, 0.2) is 29.5 Å². The van der Waals surface area contributed by atoms with E-state index >= 15 is 0 Å². The zero-order valence-electron chi connectivity index (χ0n) is 7.81. The molecule has 0 heterocycles. The lowest BCUT2D eigenvalue weighted by Crippen LogP contribution is -2.03. The molecule has 0 bridgehead atoms. The summed E-state index contributed by atoms with van der Waals surface area (Å²) in [6.45, 7) is 9.32. The Balaban J connectivity index is 4.36. The van der Waals surface area contributed by atoms with Gasteiger partial charge in [0.05, 0.1) is 12.2 Å². The molecule has 66 valence electrons. The highest BCUT2D eigenvalue weighted by molar-refractivity contribution is 5.87. The molecule has 12 heavy (non-hydrogen) atoms. The van der Waals surface area contributed by atoms with Crippen molar-refractivity contribution in [1.82, 2.24) is 0 Å². The van der Waals surface area contributed by atoms with Crippen molar-refractivity contribution in [2.24, 2.45) is 0 Å². The van der Waals surface area contributed by atoms with Gasteiger partial charge in [0, 0.05) is 0 Å². The van der Waals surface area contributed by atoms with Crippen molar-refractivity contribution in [3.63, 3.8) is 0 Å². The molecule has 0 aliphatic rings. The van der Waals surface area contributed by atoms with Gasteiger partial charge >= 0.3 is 5.97 Å². The highest BCUT2D eigenvalue weighted by Crippen LogP contribution is 1.95. The molecule has 0 N–H and O–H groups in total. The Hall–Kier alpha value is -1.27. The van der Waals surface area contributed by atoms with Gasteiger partial charge in [0.25, 0.3) is 0 Å². The fraction of sp³-hybridized carbons (Fsp3) is 0.400. The summed E-state index contributed by atoms with van der Waals surface area (Å²) >= 11 is 0. The van der Waals surface area contributed by atoms with Crippen LogP contribution < -0.4 is 0 Å². The van der Waals surface area contributed by atoms with E-state index in [-0.39, 0.29) is 5.97 Å². The molecule has 0 amide bonds. The molecular formula is C10H14O2. The highest BCUT2D eigenvalue weighted by Gasteiger charge is 2.01. The third-order valence-corrected chi connectivity index (χ3v) is 1.12. The van der Waals surface area contributed by atoms with Crippen molar-refractivity contribution in [1.29, 1.82) is 0 Å². The minimum Gasteiger partial charge on any atom is -0.462 e. The molecule has 0 aromatic heterocycles. The van der Waals surface area contributed by atoms with Gasteiger partial charge in [-0.05, 0) is 26.8 Å². The first kappa shape index (κ1) is 10.7. The minimum absolute atomic E-state index is 0.324. The number of rotatable bonds is 3. The van der Waals surface area contributed by atoms with Crippen LogP contribution in [-0.2, 0) is 9.53 Å². The van der Waals surface area contributed by atoms with E-state index in [1.807, 2.05) is 6.92 Å². The van der Waals surface area contributed by atoms with Crippen LogP contribution in [0.4, 0.5) is 0 Å². The molecule has 0 radical (unpaired) electrons. The highest BCUT2D eigenvalue weighted by atomic mass is 16.5. The Morgan fingerprint density at radius 2 is 2.17 bits per heavy atom. The maximum atomic E-state index is 11.0. The smallest absolute Gasteiger partial charge is 0.341 e. The van der Waals surface area contributed by atoms with Crippen LogP contribution in [0.2, 0.25) is 0 Å². The van der Waals surface area contributed by atoms with E-state index in [4.69, 9.17) is 4.74 Å². The normalized spacial score (nSPS) is 8.25. The topological polar surface area (TPSA) is 26.3 Å². The van der Waals surface area contributed by atoms with Gasteiger partial charge in [-0.3, -0.25) is 0 Å². The Morgan fingerprint density at radius 3 is 2.58 bits per heavy atom. The van der Waals surface area contributed by atoms with Gasteiger partial charge in [-0.1, -0.05) is 12.2 Å². The number of allylic oxidation sites excluding steroid dienone is 1. The van der Waals surface area contributed by atoms with E-state index in [0.717, 1.165) is 5.57 Å². The van der Waals surface area contributed by atoms with Crippen molar-refractivity contribution in [3.8, 4) is 0 Å². The summed E-state index contributed by atoms with van der Waals surface area (Å²) in [7, 11) is 0. The zero-order valence-corrected chi connectivity index (χ0v) is 7.81. The van der Waals surface area contributed by atoms with Crippen LogP contribution >= 0.6 is 0 Å². The summed E-state index contributed by atoms with van der Waals surface area (Å²) < 4.78 is 4.75. The molecular weight excluding hydrogens is 152 g/mol. The van der Waals surface area contributed by atoms with Crippen LogP contribution in [-0.4, -0.2) is 12.6 Å². The van der Waals surface area contributed by atoms with Gasteiger partial charge in [-0.2, -0.15) is 0 Å². The van der Waals surface area contributed by atoms with Crippen LogP contribution in [0, 0.1) is 0 Å². The monoisotopic (exact) mass is 166 g/mol. The van der Waals surface area contributed by atoms with Gasteiger partial charge in [0.1, 0.15) is 0 Å². The average molecular weight is 166 g/mol. The van der Waals surface area contributed by atoms with E-state index in [1.165, 1.54) is 0 Å². The summed E-state index contributed by atoms with van der Waals surface area (Å²) in [6, 6.07) is 0. The third kappa shape index (κ3) is 4.53. The SMILES string of the molecule is C=C(C)C=C=C(C)C(=O)OCC. The van der Waals surface area contributed by atoms with E-state index in [2.05, 4.69) is 12.3 Å². The predicted molar refractivity (Wildman–Crippen MR) is 48.7 cm³/mol. The Kier molecular flexibility index (Phi) is 4.82. The zero-order chi connectivity index (χ0) is 9.56. The predicted octanol–water partition coefficient (Wildman–Crippen LogP) is 2.23. The van der Waals surface area contributed by atoms with Crippen molar-refractivity contribution in [2.45, 2.75) is 20.8 Å². The van der Waals surface area contributed by atoms with E-state index < -0.39 is 0 Å². The molecule has 0 aromatic rings. The second-order valence-electron chi connectivity index (χ2n) is 2.48. The van der Waals surface area contributed by atoms with Crippen LogP contribution in [0.25, 0.3) is 0 Å². The summed E-state index contributed by atoms with van der Waals surface area (Å²) in [5, 5.41) is 0. The molecule has 0 aliphatic carbocycles. The summed E-state index contributed by atoms with van der Waals surface area (Å²) in [4.78, 5) is 11.0. The molecule has 2 nitrogen and oxygen atoms in total. The lowest BCUT2D eigenvalue weighted by atomic mass is 10.3. The van der Waals surface area contributed by atoms with Crippen LogP contribution in [0.5, 0.6) is 0 Å². The fourth-order valence-corrected chi connectivity index (χ4v) is 0.530. The standard InChI is InChI=1S/C10H14O2/c1-5-12-10(11)9(4)7-6-8(2)3/h6H,2,5H2,1,3-4H3.